The Morgan fingerprint density at radius 1 is 1.56 bits per heavy atom. The Balaban J connectivity index is 2.67. The molecule has 0 bridgehead atoms. The number of rotatable bonds is 4. The van der Waals surface area contributed by atoms with Crippen molar-refractivity contribution in [2.75, 3.05) is 0 Å². The Morgan fingerprint density at radius 2 is 2.31 bits per heavy atom. The third-order valence-electron chi connectivity index (χ3n) is 1.62. The fourth-order valence-corrected chi connectivity index (χ4v) is 1.11. The highest BCUT2D eigenvalue weighted by Crippen LogP contribution is 2.13. The van der Waals surface area contributed by atoms with E-state index in [1.807, 2.05) is 38.1 Å². The van der Waals surface area contributed by atoms with E-state index in [1.165, 1.54) is 6.21 Å². The van der Waals surface area contributed by atoms with Crippen LogP contribution in [0.1, 0.15) is 19.4 Å². The molecule has 0 aromatic heterocycles. The number of urea groups is 1. The fraction of sp³-hybridized carbons (Fsp3) is 0.273. The first-order valence-corrected chi connectivity index (χ1v) is 4.93. The largest absolute Gasteiger partial charge is 0.491 e. The second kappa shape index (κ2) is 5.75. The lowest BCUT2D eigenvalue weighted by molar-refractivity contribution is 0.242. The summed E-state index contributed by atoms with van der Waals surface area (Å²) in [5, 5.41) is 3.66. The van der Waals surface area contributed by atoms with Crippen molar-refractivity contribution < 1.29 is 9.53 Å². The summed E-state index contributed by atoms with van der Waals surface area (Å²) in [5.74, 6) is 0.762. The summed E-state index contributed by atoms with van der Waals surface area (Å²) in [4.78, 5) is 10.4. The number of hydrogen-bond acceptors (Lipinski definition) is 3. The molecule has 0 saturated heterocycles. The van der Waals surface area contributed by atoms with Crippen molar-refractivity contribution in [1.82, 2.24) is 5.43 Å². The van der Waals surface area contributed by atoms with Crippen LogP contribution in [-0.2, 0) is 0 Å². The fourth-order valence-electron chi connectivity index (χ4n) is 1.11. The maximum atomic E-state index is 10.4. The number of carbonyl (C=O) groups excluding carboxylic acids is 1. The van der Waals surface area contributed by atoms with Crippen LogP contribution in [0.5, 0.6) is 5.75 Å². The number of carbonyl (C=O) groups is 1. The van der Waals surface area contributed by atoms with E-state index in [9.17, 15) is 4.79 Å². The number of primary amides is 1. The van der Waals surface area contributed by atoms with Crippen LogP contribution in [0.3, 0.4) is 0 Å². The van der Waals surface area contributed by atoms with Crippen LogP contribution in [0.25, 0.3) is 0 Å². The third-order valence-corrected chi connectivity index (χ3v) is 1.62. The van der Waals surface area contributed by atoms with Gasteiger partial charge in [0.1, 0.15) is 5.75 Å². The molecule has 2 amide bonds. The van der Waals surface area contributed by atoms with E-state index in [1.54, 1.807) is 0 Å². The highest BCUT2D eigenvalue weighted by Gasteiger charge is 1.97. The maximum Gasteiger partial charge on any atom is 0.332 e. The first-order valence-electron chi connectivity index (χ1n) is 4.93. The molecule has 1 rings (SSSR count). The highest BCUT2D eigenvalue weighted by molar-refractivity contribution is 5.81. The summed E-state index contributed by atoms with van der Waals surface area (Å²) in [6.07, 6.45) is 1.62. The van der Waals surface area contributed by atoms with Crippen molar-refractivity contribution in [2.24, 2.45) is 10.8 Å². The van der Waals surface area contributed by atoms with Gasteiger partial charge in [0.15, 0.2) is 0 Å². The predicted octanol–water partition coefficient (Wildman–Crippen LogP) is 1.48. The number of benzene rings is 1. The molecule has 0 saturated carbocycles. The number of nitrogens with two attached hydrogens (primary N) is 1. The first-order chi connectivity index (χ1) is 7.58. The van der Waals surface area contributed by atoms with Crippen LogP contribution in [0, 0.1) is 0 Å². The van der Waals surface area contributed by atoms with Crippen LogP contribution in [0.4, 0.5) is 4.79 Å². The summed E-state index contributed by atoms with van der Waals surface area (Å²) < 4.78 is 5.51. The van der Waals surface area contributed by atoms with Gasteiger partial charge in [-0.2, -0.15) is 5.10 Å². The number of nitrogens with zero attached hydrogens (tertiary/aromatic N) is 1. The normalized spacial score (nSPS) is 10.7. The van der Waals surface area contributed by atoms with Gasteiger partial charge in [0.25, 0.3) is 0 Å². The Hall–Kier alpha value is -2.04. The molecular formula is C11H15N3O2. The van der Waals surface area contributed by atoms with Crippen molar-refractivity contribution in [3.05, 3.63) is 29.8 Å². The van der Waals surface area contributed by atoms with Gasteiger partial charge in [-0.3, -0.25) is 0 Å². The van der Waals surface area contributed by atoms with Crippen molar-refractivity contribution in [1.29, 1.82) is 0 Å². The summed E-state index contributed by atoms with van der Waals surface area (Å²) in [5.41, 5.74) is 7.81. The molecule has 1 aromatic carbocycles. The maximum absolute atomic E-state index is 10.4. The smallest absolute Gasteiger partial charge is 0.332 e. The van der Waals surface area contributed by atoms with Crippen LogP contribution in [0.15, 0.2) is 29.4 Å². The summed E-state index contributed by atoms with van der Waals surface area (Å²) >= 11 is 0. The van der Waals surface area contributed by atoms with Gasteiger partial charge in [-0.15, -0.1) is 0 Å². The molecule has 0 fully saturated rings. The van der Waals surface area contributed by atoms with E-state index in [2.05, 4.69) is 10.5 Å². The average molecular weight is 221 g/mol. The Morgan fingerprint density at radius 3 is 2.94 bits per heavy atom. The Bertz CT molecular complexity index is 389. The molecule has 3 N–H and O–H groups in total. The zero-order valence-electron chi connectivity index (χ0n) is 9.31. The standard InChI is InChI=1S/C11H15N3O2/c1-8(2)16-10-5-3-4-9(6-10)7-13-14-11(12)15/h3-8H,1-2H3,(H3,12,14,15)/b13-7+. The zero-order valence-corrected chi connectivity index (χ0v) is 9.31. The highest BCUT2D eigenvalue weighted by atomic mass is 16.5. The van der Waals surface area contributed by atoms with E-state index in [4.69, 9.17) is 10.5 Å². The Kier molecular flexibility index (Phi) is 4.32. The predicted molar refractivity (Wildman–Crippen MR) is 62.5 cm³/mol. The van der Waals surface area contributed by atoms with Crippen LogP contribution in [-0.4, -0.2) is 18.3 Å². The van der Waals surface area contributed by atoms with E-state index >= 15 is 0 Å². The minimum absolute atomic E-state index is 0.121. The van der Waals surface area contributed by atoms with Crippen molar-refractivity contribution in [3.8, 4) is 5.75 Å². The second-order valence-corrected chi connectivity index (χ2v) is 3.47. The van der Waals surface area contributed by atoms with Gasteiger partial charge < -0.3 is 10.5 Å². The van der Waals surface area contributed by atoms with E-state index in [0.717, 1.165) is 11.3 Å². The van der Waals surface area contributed by atoms with Crippen molar-refractivity contribution >= 4 is 12.2 Å². The van der Waals surface area contributed by atoms with Gasteiger partial charge >= 0.3 is 6.03 Å². The molecule has 5 heteroatoms. The van der Waals surface area contributed by atoms with Gasteiger partial charge in [0.2, 0.25) is 0 Å². The first kappa shape index (κ1) is 12.0. The lowest BCUT2D eigenvalue weighted by Crippen LogP contribution is -2.24. The number of hydrogen-bond donors (Lipinski definition) is 2. The molecule has 1 aromatic rings. The molecule has 0 aliphatic carbocycles. The van der Waals surface area contributed by atoms with Crippen molar-refractivity contribution in [3.63, 3.8) is 0 Å². The SMILES string of the molecule is CC(C)Oc1cccc(/C=N/NC(N)=O)c1. The minimum Gasteiger partial charge on any atom is -0.491 e. The molecule has 86 valence electrons. The van der Waals surface area contributed by atoms with E-state index < -0.39 is 6.03 Å². The number of hydrazone groups is 1. The molecule has 5 nitrogen and oxygen atoms in total. The van der Waals surface area contributed by atoms with Gasteiger partial charge in [-0.25, -0.2) is 10.2 Å². The lowest BCUT2D eigenvalue weighted by atomic mass is 10.2. The molecule has 0 heterocycles. The van der Waals surface area contributed by atoms with Crippen molar-refractivity contribution in [2.45, 2.75) is 20.0 Å². The van der Waals surface area contributed by atoms with Crippen LogP contribution in [0.2, 0.25) is 0 Å². The van der Waals surface area contributed by atoms with Gasteiger partial charge in [-0.05, 0) is 31.5 Å². The molecule has 0 aliphatic rings. The van der Waals surface area contributed by atoms with E-state index in [-0.39, 0.29) is 6.10 Å². The monoisotopic (exact) mass is 221 g/mol. The summed E-state index contributed by atoms with van der Waals surface area (Å²) in [6.45, 7) is 3.91. The molecule has 0 atom stereocenters. The Labute approximate surface area is 94.3 Å². The molecule has 0 spiro atoms. The molecule has 16 heavy (non-hydrogen) atoms. The molecule has 0 radical (unpaired) electrons. The van der Waals surface area contributed by atoms with Gasteiger partial charge in [0, 0.05) is 0 Å². The lowest BCUT2D eigenvalue weighted by Gasteiger charge is -2.09. The number of nitrogens with one attached hydrogen (secondary N) is 1. The van der Waals surface area contributed by atoms with Gasteiger partial charge in [-0.1, -0.05) is 12.1 Å². The summed E-state index contributed by atoms with van der Waals surface area (Å²) in [6, 6.07) is 6.69. The summed E-state index contributed by atoms with van der Waals surface area (Å²) in [7, 11) is 0. The minimum atomic E-state index is -0.689. The third kappa shape index (κ3) is 4.45. The topological polar surface area (TPSA) is 76.7 Å². The number of amides is 2. The average Bonchev–Trinajstić information content (AvgIpc) is 2.16. The van der Waals surface area contributed by atoms with Crippen LogP contribution >= 0.6 is 0 Å². The molecular weight excluding hydrogens is 206 g/mol. The van der Waals surface area contributed by atoms with Gasteiger partial charge in [0.05, 0.1) is 12.3 Å². The second-order valence-electron chi connectivity index (χ2n) is 3.47. The molecule has 0 unspecified atom stereocenters. The number of ether oxygens (including phenoxy) is 1. The van der Waals surface area contributed by atoms with E-state index in [0.29, 0.717) is 0 Å². The zero-order chi connectivity index (χ0) is 12.0. The van der Waals surface area contributed by atoms with Crippen LogP contribution < -0.4 is 15.9 Å². The quantitative estimate of drug-likeness (QED) is 0.596. The molecule has 0 aliphatic heterocycles.